The largest absolute Gasteiger partial charge is 0.368 e. The van der Waals surface area contributed by atoms with Crippen molar-refractivity contribution in [2.75, 3.05) is 0 Å². The van der Waals surface area contributed by atoms with Gasteiger partial charge in [0.1, 0.15) is 17.7 Å². The smallest absolute Gasteiger partial charge is 0.240 e. The van der Waals surface area contributed by atoms with Gasteiger partial charge >= 0.3 is 0 Å². The first-order valence-corrected chi connectivity index (χ1v) is 7.50. The fraction of sp³-hybridized carbons (Fsp3) is 0.176. The molecule has 24 heavy (non-hydrogen) atoms. The zero-order chi connectivity index (χ0) is 17.7. The van der Waals surface area contributed by atoms with E-state index in [1.54, 1.807) is 24.3 Å². The van der Waals surface area contributed by atoms with Crippen molar-refractivity contribution in [2.45, 2.75) is 18.9 Å². The summed E-state index contributed by atoms with van der Waals surface area (Å²) in [7, 11) is 0. The predicted octanol–water partition coefficient (Wildman–Crippen LogP) is 2.37. The second kappa shape index (κ2) is 7.88. The van der Waals surface area contributed by atoms with E-state index in [4.69, 9.17) is 17.3 Å². The van der Waals surface area contributed by atoms with Crippen LogP contribution in [0.5, 0.6) is 0 Å². The molecule has 3 N–H and O–H groups in total. The molecule has 2 aromatic rings. The van der Waals surface area contributed by atoms with Crippen LogP contribution in [-0.4, -0.2) is 17.9 Å². The summed E-state index contributed by atoms with van der Waals surface area (Å²) in [6, 6.07) is 8.70. The fourth-order valence-corrected chi connectivity index (χ4v) is 2.46. The number of nitrogens with one attached hydrogen (secondary N) is 1. The Bertz CT molecular complexity index is 748. The number of amides is 2. The molecular weight excluding hydrogens is 338 g/mol. The lowest BCUT2D eigenvalue weighted by atomic mass is 10.0. The molecule has 126 valence electrons. The van der Waals surface area contributed by atoms with E-state index >= 15 is 0 Å². The second-order valence-electron chi connectivity index (χ2n) is 5.27. The zero-order valence-corrected chi connectivity index (χ0v) is 13.3. The van der Waals surface area contributed by atoms with Gasteiger partial charge in [0.05, 0.1) is 6.42 Å². The summed E-state index contributed by atoms with van der Waals surface area (Å²) in [5, 5.41) is 2.91. The number of rotatable bonds is 6. The first kappa shape index (κ1) is 17.9. The van der Waals surface area contributed by atoms with Crippen LogP contribution in [0, 0.1) is 11.6 Å². The van der Waals surface area contributed by atoms with E-state index in [2.05, 4.69) is 5.32 Å². The van der Waals surface area contributed by atoms with Crippen LogP contribution in [0.3, 0.4) is 0 Å². The second-order valence-corrected chi connectivity index (χ2v) is 5.68. The normalized spacial score (nSPS) is 11.8. The lowest BCUT2D eigenvalue weighted by Crippen LogP contribution is -2.46. The van der Waals surface area contributed by atoms with Gasteiger partial charge in [-0.3, -0.25) is 9.59 Å². The van der Waals surface area contributed by atoms with E-state index in [1.807, 2.05) is 0 Å². The molecule has 0 fully saturated rings. The molecule has 0 bridgehead atoms. The van der Waals surface area contributed by atoms with Gasteiger partial charge in [-0.05, 0) is 29.3 Å². The van der Waals surface area contributed by atoms with Crippen LogP contribution in [0.15, 0.2) is 42.5 Å². The fourth-order valence-electron chi connectivity index (χ4n) is 2.25. The van der Waals surface area contributed by atoms with Crippen molar-refractivity contribution < 1.29 is 18.4 Å². The third-order valence-corrected chi connectivity index (χ3v) is 3.72. The summed E-state index contributed by atoms with van der Waals surface area (Å²) < 4.78 is 26.3. The predicted molar refractivity (Wildman–Crippen MR) is 86.3 cm³/mol. The quantitative estimate of drug-likeness (QED) is 0.837. The molecule has 0 saturated heterocycles. The first-order valence-electron chi connectivity index (χ1n) is 7.12. The number of benzene rings is 2. The Hall–Kier alpha value is -2.47. The summed E-state index contributed by atoms with van der Waals surface area (Å²) in [6.07, 6.45) is -0.154. The highest BCUT2D eigenvalue weighted by Gasteiger charge is 2.20. The third-order valence-electron chi connectivity index (χ3n) is 3.35. The summed E-state index contributed by atoms with van der Waals surface area (Å²) in [4.78, 5) is 23.6. The minimum Gasteiger partial charge on any atom is -0.368 e. The number of hydrogen-bond donors (Lipinski definition) is 2. The standard InChI is InChI=1S/C17H15ClF2N2O2/c18-14-4-2-1-3-11(14)8-15(17(21)24)22-16(23)7-10-5-12(19)9-13(20)6-10/h1-6,9,15H,7-8H2,(H2,21,24)(H,22,23)/t15-/m0/s1. The molecule has 2 rings (SSSR count). The Morgan fingerprint density at radius 1 is 1.12 bits per heavy atom. The maximum atomic E-state index is 13.1. The summed E-state index contributed by atoms with van der Waals surface area (Å²) >= 11 is 6.03. The highest BCUT2D eigenvalue weighted by molar-refractivity contribution is 6.31. The minimum absolute atomic E-state index is 0.123. The van der Waals surface area contributed by atoms with Crippen molar-refractivity contribution in [2.24, 2.45) is 5.73 Å². The van der Waals surface area contributed by atoms with Gasteiger partial charge in [-0.2, -0.15) is 0 Å². The van der Waals surface area contributed by atoms with Crippen LogP contribution in [-0.2, 0) is 22.4 Å². The molecule has 7 heteroatoms. The minimum atomic E-state index is -0.976. The van der Waals surface area contributed by atoms with E-state index in [0.717, 1.165) is 12.1 Å². The molecular formula is C17H15ClF2N2O2. The number of primary amides is 1. The van der Waals surface area contributed by atoms with E-state index in [1.165, 1.54) is 0 Å². The van der Waals surface area contributed by atoms with Crippen molar-refractivity contribution >= 4 is 23.4 Å². The van der Waals surface area contributed by atoms with Crippen molar-refractivity contribution in [1.82, 2.24) is 5.32 Å². The number of nitrogens with two attached hydrogens (primary N) is 1. The van der Waals surface area contributed by atoms with Crippen LogP contribution in [0.1, 0.15) is 11.1 Å². The van der Waals surface area contributed by atoms with Crippen molar-refractivity contribution in [3.05, 3.63) is 70.2 Å². The van der Waals surface area contributed by atoms with Gasteiger partial charge in [0.25, 0.3) is 0 Å². The molecule has 0 aromatic heterocycles. The molecule has 0 unspecified atom stereocenters. The van der Waals surface area contributed by atoms with Crippen molar-refractivity contribution in [3.8, 4) is 0 Å². The summed E-state index contributed by atoms with van der Waals surface area (Å²) in [5.74, 6) is -2.86. The number of halogens is 3. The van der Waals surface area contributed by atoms with Gasteiger partial charge in [-0.25, -0.2) is 8.78 Å². The van der Waals surface area contributed by atoms with E-state index in [9.17, 15) is 18.4 Å². The maximum absolute atomic E-state index is 13.1. The van der Waals surface area contributed by atoms with E-state index in [0.29, 0.717) is 16.7 Å². The topological polar surface area (TPSA) is 72.2 Å². The average Bonchev–Trinajstić information content (AvgIpc) is 2.47. The van der Waals surface area contributed by atoms with Gasteiger partial charge in [0, 0.05) is 17.5 Å². The Kier molecular flexibility index (Phi) is 5.87. The SMILES string of the molecule is NC(=O)[C@H](Cc1ccccc1Cl)NC(=O)Cc1cc(F)cc(F)c1. The molecule has 0 radical (unpaired) electrons. The van der Waals surface area contributed by atoms with E-state index < -0.39 is 29.5 Å². The van der Waals surface area contributed by atoms with Crippen LogP contribution in [0.4, 0.5) is 8.78 Å². The number of carbonyl (C=O) groups is 2. The molecule has 4 nitrogen and oxygen atoms in total. The van der Waals surface area contributed by atoms with E-state index in [-0.39, 0.29) is 18.4 Å². The molecule has 0 aliphatic carbocycles. The molecule has 0 aliphatic heterocycles. The van der Waals surface area contributed by atoms with Crippen molar-refractivity contribution in [3.63, 3.8) is 0 Å². The van der Waals surface area contributed by atoms with Gasteiger partial charge in [-0.15, -0.1) is 0 Å². The third kappa shape index (κ3) is 5.03. The molecule has 1 atom stereocenters. The Labute approximate surface area is 142 Å². The monoisotopic (exact) mass is 352 g/mol. The summed E-state index contributed by atoms with van der Waals surface area (Å²) in [6.45, 7) is 0. The average molecular weight is 353 g/mol. The highest BCUT2D eigenvalue weighted by Crippen LogP contribution is 2.17. The first-order chi connectivity index (χ1) is 11.3. The molecule has 0 saturated carbocycles. The number of carbonyl (C=O) groups excluding carboxylic acids is 2. The Balaban J connectivity index is 2.06. The lowest BCUT2D eigenvalue weighted by molar-refractivity contribution is -0.127. The Morgan fingerprint density at radius 3 is 2.33 bits per heavy atom. The van der Waals surface area contributed by atoms with Crippen LogP contribution >= 0.6 is 11.6 Å². The van der Waals surface area contributed by atoms with Gasteiger partial charge in [0.2, 0.25) is 11.8 Å². The summed E-state index contributed by atoms with van der Waals surface area (Å²) in [5.41, 5.74) is 6.12. The molecule has 2 amide bonds. The highest BCUT2D eigenvalue weighted by atomic mass is 35.5. The van der Waals surface area contributed by atoms with Crippen LogP contribution < -0.4 is 11.1 Å². The Morgan fingerprint density at radius 2 is 1.75 bits per heavy atom. The number of hydrogen-bond acceptors (Lipinski definition) is 2. The zero-order valence-electron chi connectivity index (χ0n) is 12.6. The van der Waals surface area contributed by atoms with Crippen LogP contribution in [0.25, 0.3) is 0 Å². The van der Waals surface area contributed by atoms with Gasteiger partial charge in [0.15, 0.2) is 0 Å². The molecule has 0 spiro atoms. The van der Waals surface area contributed by atoms with Crippen molar-refractivity contribution in [1.29, 1.82) is 0 Å². The van der Waals surface area contributed by atoms with Gasteiger partial charge < -0.3 is 11.1 Å². The molecule has 2 aromatic carbocycles. The lowest BCUT2D eigenvalue weighted by Gasteiger charge is -2.16. The molecule has 0 heterocycles. The molecule has 0 aliphatic rings. The van der Waals surface area contributed by atoms with Crippen LogP contribution in [0.2, 0.25) is 5.02 Å². The maximum Gasteiger partial charge on any atom is 0.240 e. The van der Waals surface area contributed by atoms with Gasteiger partial charge in [-0.1, -0.05) is 29.8 Å².